The van der Waals surface area contributed by atoms with Gasteiger partial charge in [-0.25, -0.2) is 0 Å². The first-order valence-corrected chi connectivity index (χ1v) is 10.2. The van der Waals surface area contributed by atoms with E-state index in [-0.39, 0.29) is 17.7 Å². The zero-order chi connectivity index (χ0) is 21.8. The number of methoxy groups -OCH3 is 2. The molecule has 1 aliphatic heterocycles. The van der Waals surface area contributed by atoms with Crippen LogP contribution in [-0.2, 0) is 11.2 Å². The van der Waals surface area contributed by atoms with Gasteiger partial charge in [0.1, 0.15) is 0 Å². The van der Waals surface area contributed by atoms with E-state index in [0.29, 0.717) is 30.0 Å². The largest absolute Gasteiger partial charge is 0.503 e. The third kappa shape index (κ3) is 3.99. The van der Waals surface area contributed by atoms with Crippen LogP contribution in [0.25, 0.3) is 5.57 Å². The Kier molecular flexibility index (Phi) is 5.94. The predicted octanol–water partition coefficient (Wildman–Crippen LogP) is 4.80. The van der Waals surface area contributed by atoms with Crippen molar-refractivity contribution in [3.8, 4) is 11.5 Å². The molecule has 0 unspecified atom stereocenters. The zero-order valence-corrected chi connectivity index (χ0v) is 17.6. The lowest BCUT2D eigenvalue weighted by molar-refractivity contribution is -0.129. The van der Waals surface area contributed by atoms with Crippen molar-refractivity contribution in [2.45, 2.75) is 12.5 Å². The summed E-state index contributed by atoms with van der Waals surface area (Å²) in [5, 5.41) is 10.8. The molecule has 0 aromatic heterocycles. The maximum atomic E-state index is 13.1. The normalized spacial score (nSPS) is 16.0. The van der Waals surface area contributed by atoms with Gasteiger partial charge in [0.05, 0.1) is 20.3 Å². The van der Waals surface area contributed by atoms with E-state index >= 15 is 0 Å². The number of carbonyl (C=O) groups excluding carboxylic acids is 1. The minimum absolute atomic E-state index is 0.188. The fraction of sp³-hybridized carbons (Fsp3) is 0.192. The molecule has 3 aromatic carbocycles. The third-order valence-electron chi connectivity index (χ3n) is 5.59. The molecule has 0 saturated heterocycles. The van der Waals surface area contributed by atoms with Crippen LogP contribution in [0.4, 0.5) is 0 Å². The van der Waals surface area contributed by atoms with E-state index in [4.69, 9.17) is 9.47 Å². The van der Waals surface area contributed by atoms with E-state index in [2.05, 4.69) is 0 Å². The van der Waals surface area contributed by atoms with E-state index in [1.807, 2.05) is 78.9 Å². The monoisotopic (exact) mass is 415 g/mol. The quantitative estimate of drug-likeness (QED) is 0.602. The maximum absolute atomic E-state index is 13.1. The molecule has 0 aliphatic carbocycles. The lowest BCUT2D eigenvalue weighted by atomic mass is 9.93. The van der Waals surface area contributed by atoms with Crippen molar-refractivity contribution in [1.82, 2.24) is 4.90 Å². The molecule has 4 rings (SSSR count). The summed E-state index contributed by atoms with van der Waals surface area (Å²) in [4.78, 5) is 14.8. The SMILES string of the molecule is COc1ccc(CCN2C(=O)C(O)=C(c3ccccc3)[C@H]2c2ccccc2)cc1OC. The lowest BCUT2D eigenvalue weighted by Gasteiger charge is -2.27. The molecule has 31 heavy (non-hydrogen) atoms. The van der Waals surface area contributed by atoms with Crippen molar-refractivity contribution in [3.05, 3.63) is 101 Å². The second-order valence-electron chi connectivity index (χ2n) is 7.38. The van der Waals surface area contributed by atoms with Gasteiger partial charge in [-0.05, 0) is 35.2 Å². The molecule has 0 bridgehead atoms. The Morgan fingerprint density at radius 1 is 0.871 bits per heavy atom. The molecule has 0 radical (unpaired) electrons. The van der Waals surface area contributed by atoms with Crippen molar-refractivity contribution in [2.75, 3.05) is 20.8 Å². The van der Waals surface area contributed by atoms with Gasteiger partial charge in [0.15, 0.2) is 17.3 Å². The van der Waals surface area contributed by atoms with Crippen molar-refractivity contribution in [2.24, 2.45) is 0 Å². The molecule has 3 aromatic rings. The number of hydrogen-bond donors (Lipinski definition) is 1. The van der Waals surface area contributed by atoms with Gasteiger partial charge in [0.2, 0.25) is 0 Å². The Bertz CT molecular complexity index is 1090. The lowest BCUT2D eigenvalue weighted by Crippen LogP contribution is -2.32. The molecule has 1 aliphatic rings. The number of ether oxygens (including phenoxy) is 2. The Labute approximate surface area is 182 Å². The van der Waals surface area contributed by atoms with Gasteiger partial charge in [-0.3, -0.25) is 4.79 Å². The molecule has 158 valence electrons. The van der Waals surface area contributed by atoms with Crippen LogP contribution in [0.3, 0.4) is 0 Å². The highest BCUT2D eigenvalue weighted by Crippen LogP contribution is 2.43. The van der Waals surface area contributed by atoms with E-state index in [9.17, 15) is 9.90 Å². The summed E-state index contributed by atoms with van der Waals surface area (Å²) in [7, 11) is 3.20. The molecule has 1 amide bonds. The van der Waals surface area contributed by atoms with Gasteiger partial charge in [0.25, 0.3) is 5.91 Å². The van der Waals surface area contributed by atoms with Crippen LogP contribution in [0, 0.1) is 0 Å². The van der Waals surface area contributed by atoms with E-state index < -0.39 is 0 Å². The second-order valence-corrected chi connectivity index (χ2v) is 7.38. The number of aliphatic hydroxyl groups excluding tert-OH is 1. The number of carbonyl (C=O) groups is 1. The third-order valence-corrected chi connectivity index (χ3v) is 5.59. The van der Waals surface area contributed by atoms with Crippen molar-refractivity contribution in [1.29, 1.82) is 0 Å². The zero-order valence-electron chi connectivity index (χ0n) is 17.6. The van der Waals surface area contributed by atoms with Crippen molar-refractivity contribution in [3.63, 3.8) is 0 Å². The summed E-state index contributed by atoms with van der Waals surface area (Å²) in [5.41, 5.74) is 3.47. The maximum Gasteiger partial charge on any atom is 0.289 e. The molecule has 0 saturated carbocycles. The Morgan fingerprint density at radius 3 is 2.16 bits per heavy atom. The topological polar surface area (TPSA) is 59.0 Å². The molecule has 1 heterocycles. The van der Waals surface area contributed by atoms with Gasteiger partial charge in [-0.1, -0.05) is 66.7 Å². The van der Waals surface area contributed by atoms with Gasteiger partial charge >= 0.3 is 0 Å². The second kappa shape index (κ2) is 8.96. The molecule has 1 N–H and O–H groups in total. The number of hydrogen-bond acceptors (Lipinski definition) is 4. The number of benzene rings is 3. The Morgan fingerprint density at radius 2 is 1.52 bits per heavy atom. The highest BCUT2D eigenvalue weighted by Gasteiger charge is 2.40. The highest BCUT2D eigenvalue weighted by atomic mass is 16.5. The van der Waals surface area contributed by atoms with Crippen molar-refractivity contribution >= 4 is 11.5 Å². The minimum Gasteiger partial charge on any atom is -0.503 e. The van der Waals surface area contributed by atoms with Gasteiger partial charge in [-0.15, -0.1) is 0 Å². The summed E-state index contributed by atoms with van der Waals surface area (Å²) in [5.74, 6) is 0.773. The van der Waals surface area contributed by atoms with E-state index in [1.165, 1.54) is 0 Å². The fourth-order valence-corrected chi connectivity index (χ4v) is 4.06. The number of aliphatic hydroxyl groups is 1. The fourth-order valence-electron chi connectivity index (χ4n) is 4.06. The summed E-state index contributed by atoms with van der Waals surface area (Å²) in [6.07, 6.45) is 0.616. The van der Waals surface area contributed by atoms with Crippen LogP contribution < -0.4 is 9.47 Å². The van der Waals surface area contributed by atoms with E-state index in [0.717, 1.165) is 16.7 Å². The highest BCUT2D eigenvalue weighted by molar-refractivity contribution is 6.05. The first kappa shape index (κ1) is 20.5. The molecular formula is C26H25NO4. The van der Waals surface area contributed by atoms with Crippen LogP contribution >= 0.6 is 0 Å². The number of rotatable bonds is 7. The van der Waals surface area contributed by atoms with Gasteiger partial charge < -0.3 is 19.5 Å². The number of amides is 1. The van der Waals surface area contributed by atoms with Crippen molar-refractivity contribution < 1.29 is 19.4 Å². The van der Waals surface area contributed by atoms with Gasteiger partial charge in [-0.2, -0.15) is 0 Å². The summed E-state index contributed by atoms with van der Waals surface area (Å²) in [6, 6.07) is 24.8. The van der Waals surface area contributed by atoms with Crippen LogP contribution in [0.5, 0.6) is 11.5 Å². The average Bonchev–Trinajstić information content (AvgIpc) is 3.08. The molecule has 1 atom stereocenters. The van der Waals surface area contributed by atoms with Gasteiger partial charge in [0, 0.05) is 12.1 Å². The van der Waals surface area contributed by atoms with Crippen LogP contribution in [-0.4, -0.2) is 36.7 Å². The minimum atomic E-state index is -0.354. The Balaban J connectivity index is 1.66. The molecular weight excluding hydrogens is 390 g/mol. The molecule has 0 fully saturated rings. The van der Waals surface area contributed by atoms with Crippen LogP contribution in [0.1, 0.15) is 22.7 Å². The molecule has 5 heteroatoms. The average molecular weight is 415 g/mol. The van der Waals surface area contributed by atoms with Crippen LogP contribution in [0.15, 0.2) is 84.6 Å². The molecule has 5 nitrogen and oxygen atoms in total. The first-order valence-electron chi connectivity index (χ1n) is 10.2. The van der Waals surface area contributed by atoms with Crippen LogP contribution in [0.2, 0.25) is 0 Å². The smallest absolute Gasteiger partial charge is 0.289 e. The molecule has 0 spiro atoms. The predicted molar refractivity (Wildman–Crippen MR) is 120 cm³/mol. The first-order chi connectivity index (χ1) is 15.1. The summed E-state index contributed by atoms with van der Waals surface area (Å²) < 4.78 is 10.7. The summed E-state index contributed by atoms with van der Waals surface area (Å²) >= 11 is 0. The van der Waals surface area contributed by atoms with E-state index in [1.54, 1.807) is 19.1 Å². The Hall–Kier alpha value is -3.73. The standard InChI is InChI=1S/C26H25NO4/c1-30-21-14-13-18(17-22(21)31-2)15-16-27-24(20-11-7-4-8-12-20)23(25(28)26(27)29)19-9-5-3-6-10-19/h3-14,17,24,28H,15-16H2,1-2H3/t24-/m1/s1. The summed E-state index contributed by atoms with van der Waals surface area (Å²) in [6.45, 7) is 0.453. The number of nitrogens with zero attached hydrogens (tertiary/aromatic N) is 1.